The highest BCUT2D eigenvalue weighted by atomic mass is 16.5. The Morgan fingerprint density at radius 2 is 2.29 bits per heavy atom. The van der Waals surface area contributed by atoms with Crippen LogP contribution in [0.2, 0.25) is 0 Å². The molecule has 1 aliphatic heterocycles. The maximum atomic E-state index is 9.32. The molecule has 1 heterocycles. The van der Waals surface area contributed by atoms with Gasteiger partial charge in [-0.05, 0) is 25.1 Å². The van der Waals surface area contributed by atoms with E-state index in [0.29, 0.717) is 17.2 Å². The Bertz CT molecular complexity index is 526. The van der Waals surface area contributed by atoms with Gasteiger partial charge in [0, 0.05) is 12.1 Å². The van der Waals surface area contributed by atoms with Crippen LogP contribution in [0.4, 0.5) is 0 Å². The molecule has 4 heteroatoms. The Morgan fingerprint density at radius 3 is 3.00 bits per heavy atom. The molecule has 1 atom stereocenters. The molecule has 1 aliphatic rings. The molecular weight excluding hydrogens is 216 g/mol. The first-order valence-electron chi connectivity index (χ1n) is 5.25. The lowest BCUT2D eigenvalue weighted by atomic mass is 10.1. The molecule has 4 nitrogen and oxygen atoms in total. The summed E-state index contributed by atoms with van der Waals surface area (Å²) in [6.45, 7) is 1.95. The number of rotatable bonds is 2. The van der Waals surface area contributed by atoms with E-state index in [1.54, 1.807) is 24.3 Å². The molecule has 0 radical (unpaired) electrons. The molecule has 0 bridgehead atoms. The number of aromatic hydroxyl groups is 1. The summed E-state index contributed by atoms with van der Waals surface area (Å²) in [6, 6.07) is 8.61. The smallest absolute Gasteiger partial charge is 0.211 e. The largest absolute Gasteiger partial charge is 0.508 e. The van der Waals surface area contributed by atoms with Gasteiger partial charge in [0.2, 0.25) is 5.88 Å². The van der Waals surface area contributed by atoms with Crippen LogP contribution in [0, 0.1) is 11.3 Å². The van der Waals surface area contributed by atoms with Crippen molar-refractivity contribution in [1.82, 2.24) is 5.32 Å². The summed E-state index contributed by atoms with van der Waals surface area (Å²) in [5, 5.41) is 21.3. The molecule has 1 aromatic rings. The van der Waals surface area contributed by atoms with Crippen molar-refractivity contribution in [2.45, 2.75) is 13.0 Å². The molecule has 17 heavy (non-hydrogen) atoms. The number of phenolic OH excluding ortho intramolecular Hbond substituents is 1. The van der Waals surface area contributed by atoms with Gasteiger partial charge in [-0.2, -0.15) is 5.26 Å². The predicted molar refractivity (Wildman–Crippen MR) is 63.1 cm³/mol. The van der Waals surface area contributed by atoms with E-state index in [2.05, 4.69) is 11.4 Å². The lowest BCUT2D eigenvalue weighted by Crippen LogP contribution is -2.30. The first-order valence-corrected chi connectivity index (χ1v) is 5.25. The Balaban J connectivity index is 2.25. The minimum absolute atomic E-state index is 0.111. The van der Waals surface area contributed by atoms with Crippen molar-refractivity contribution in [1.29, 1.82) is 5.26 Å². The van der Waals surface area contributed by atoms with Crippen LogP contribution in [-0.2, 0) is 0 Å². The first kappa shape index (κ1) is 11.1. The first-order chi connectivity index (χ1) is 8.19. The maximum Gasteiger partial charge on any atom is 0.211 e. The zero-order chi connectivity index (χ0) is 12.3. The number of nitrogens with zero attached hydrogens (tertiary/aromatic N) is 1. The number of nitriles is 1. The Hall–Kier alpha value is -2.41. The minimum Gasteiger partial charge on any atom is -0.508 e. The van der Waals surface area contributed by atoms with E-state index in [4.69, 9.17) is 10.00 Å². The van der Waals surface area contributed by atoms with Crippen molar-refractivity contribution in [2.24, 2.45) is 0 Å². The molecule has 0 amide bonds. The highest BCUT2D eigenvalue weighted by molar-refractivity contribution is 5.41. The summed E-state index contributed by atoms with van der Waals surface area (Å²) in [4.78, 5) is 0. The summed E-state index contributed by atoms with van der Waals surface area (Å²) in [5.74, 6) is 1.02. The van der Waals surface area contributed by atoms with Gasteiger partial charge >= 0.3 is 0 Å². The topological polar surface area (TPSA) is 65.3 Å². The molecule has 0 saturated carbocycles. The second kappa shape index (κ2) is 4.62. The number of hydrogen-bond acceptors (Lipinski definition) is 4. The molecule has 1 aromatic carbocycles. The number of allylic oxidation sites excluding steroid dienone is 2. The van der Waals surface area contributed by atoms with E-state index in [1.807, 2.05) is 13.0 Å². The van der Waals surface area contributed by atoms with Crippen LogP contribution in [0.3, 0.4) is 0 Å². The molecular formula is C13H12N2O2. The molecule has 0 spiro atoms. The van der Waals surface area contributed by atoms with Gasteiger partial charge in [-0.15, -0.1) is 0 Å². The molecule has 0 fully saturated rings. The summed E-state index contributed by atoms with van der Waals surface area (Å²) in [7, 11) is 0. The Labute approximate surface area is 99.5 Å². The van der Waals surface area contributed by atoms with Crippen LogP contribution in [0.5, 0.6) is 11.5 Å². The zero-order valence-electron chi connectivity index (χ0n) is 9.34. The summed E-state index contributed by atoms with van der Waals surface area (Å²) < 4.78 is 5.54. The number of hydrogen-bond donors (Lipinski definition) is 2. The predicted octanol–water partition coefficient (Wildman–Crippen LogP) is 2.05. The van der Waals surface area contributed by atoms with Gasteiger partial charge in [-0.25, -0.2) is 0 Å². The van der Waals surface area contributed by atoms with Gasteiger partial charge in [0.1, 0.15) is 23.1 Å². The van der Waals surface area contributed by atoms with E-state index in [1.165, 1.54) is 6.07 Å². The minimum atomic E-state index is 0.111. The number of benzene rings is 1. The molecule has 2 rings (SSSR count). The molecule has 1 unspecified atom stereocenters. The third-order valence-electron chi connectivity index (χ3n) is 2.31. The summed E-state index contributed by atoms with van der Waals surface area (Å²) in [6.07, 6.45) is 3.60. The Morgan fingerprint density at radius 1 is 1.47 bits per heavy atom. The average Bonchev–Trinajstić information content (AvgIpc) is 2.29. The number of dihydropyridines is 1. The highest BCUT2D eigenvalue weighted by Gasteiger charge is 2.14. The molecule has 0 aliphatic carbocycles. The fraction of sp³-hybridized carbons (Fsp3) is 0.154. The molecule has 86 valence electrons. The monoisotopic (exact) mass is 228 g/mol. The van der Waals surface area contributed by atoms with Crippen molar-refractivity contribution in [3.63, 3.8) is 0 Å². The van der Waals surface area contributed by atoms with Crippen LogP contribution in [0.1, 0.15) is 6.92 Å². The standard InChI is InChI=1S/C13H12N2O2/c1-9-5-6-10(8-14)13(15-9)17-12-4-2-3-11(16)7-12/h2-7,9,15-16H,1H3. The van der Waals surface area contributed by atoms with Crippen molar-refractivity contribution < 1.29 is 9.84 Å². The lowest BCUT2D eigenvalue weighted by Gasteiger charge is -2.20. The van der Waals surface area contributed by atoms with E-state index < -0.39 is 0 Å². The summed E-state index contributed by atoms with van der Waals surface area (Å²) in [5.41, 5.74) is 0.437. The number of ether oxygens (including phenoxy) is 1. The van der Waals surface area contributed by atoms with Crippen LogP contribution in [-0.4, -0.2) is 11.1 Å². The fourth-order valence-electron chi connectivity index (χ4n) is 1.49. The van der Waals surface area contributed by atoms with Crippen molar-refractivity contribution in [3.05, 3.63) is 47.9 Å². The zero-order valence-corrected chi connectivity index (χ0v) is 9.34. The number of phenols is 1. The van der Waals surface area contributed by atoms with Gasteiger partial charge in [-0.3, -0.25) is 0 Å². The second-order valence-corrected chi connectivity index (χ2v) is 3.75. The van der Waals surface area contributed by atoms with E-state index in [-0.39, 0.29) is 11.8 Å². The SMILES string of the molecule is CC1C=CC(C#N)=C(Oc2cccc(O)c2)N1. The van der Waals surface area contributed by atoms with Crippen molar-refractivity contribution in [3.8, 4) is 17.6 Å². The Kier molecular flexibility index (Phi) is 3.01. The van der Waals surface area contributed by atoms with E-state index >= 15 is 0 Å². The number of nitrogens with one attached hydrogen (secondary N) is 1. The maximum absolute atomic E-state index is 9.32. The van der Waals surface area contributed by atoms with Gasteiger partial charge in [0.25, 0.3) is 0 Å². The van der Waals surface area contributed by atoms with Crippen LogP contribution in [0.25, 0.3) is 0 Å². The molecule has 0 aromatic heterocycles. The average molecular weight is 228 g/mol. The van der Waals surface area contributed by atoms with Crippen molar-refractivity contribution in [2.75, 3.05) is 0 Å². The van der Waals surface area contributed by atoms with Gasteiger partial charge in [-0.1, -0.05) is 12.1 Å². The van der Waals surface area contributed by atoms with Crippen LogP contribution in [0.15, 0.2) is 47.9 Å². The normalized spacial score (nSPS) is 18.5. The second-order valence-electron chi connectivity index (χ2n) is 3.75. The summed E-state index contributed by atoms with van der Waals surface area (Å²) >= 11 is 0. The van der Waals surface area contributed by atoms with Crippen molar-refractivity contribution >= 4 is 0 Å². The molecule has 0 saturated heterocycles. The van der Waals surface area contributed by atoms with Gasteiger partial charge < -0.3 is 15.2 Å². The van der Waals surface area contributed by atoms with E-state index in [9.17, 15) is 5.11 Å². The lowest BCUT2D eigenvalue weighted by molar-refractivity contribution is 0.363. The quantitative estimate of drug-likeness (QED) is 0.813. The highest BCUT2D eigenvalue weighted by Crippen LogP contribution is 2.21. The molecule has 2 N–H and O–H groups in total. The van der Waals surface area contributed by atoms with Crippen LogP contribution >= 0.6 is 0 Å². The van der Waals surface area contributed by atoms with Crippen LogP contribution < -0.4 is 10.1 Å². The van der Waals surface area contributed by atoms with Gasteiger partial charge in [0.05, 0.1) is 0 Å². The fourth-order valence-corrected chi connectivity index (χ4v) is 1.49. The third kappa shape index (κ3) is 2.58. The van der Waals surface area contributed by atoms with Gasteiger partial charge in [0.15, 0.2) is 0 Å². The van der Waals surface area contributed by atoms with E-state index in [0.717, 1.165) is 0 Å². The third-order valence-corrected chi connectivity index (χ3v) is 2.31.